The first-order valence-corrected chi connectivity index (χ1v) is 11.6. The fraction of sp³-hybridized carbons (Fsp3) is 0.500. The normalized spacial score (nSPS) is 19.5. The van der Waals surface area contributed by atoms with Gasteiger partial charge in [0.25, 0.3) is 5.91 Å². The lowest BCUT2D eigenvalue weighted by atomic mass is 10.0. The molecule has 0 unspecified atom stereocenters. The molecular formula is C24H29N5O4. The molecule has 2 aliphatic rings. The Morgan fingerprint density at radius 1 is 1.15 bits per heavy atom. The van der Waals surface area contributed by atoms with Crippen molar-refractivity contribution < 1.29 is 18.7 Å². The van der Waals surface area contributed by atoms with E-state index in [-0.39, 0.29) is 29.7 Å². The number of furan rings is 1. The molecule has 1 N–H and O–H groups in total. The second kappa shape index (κ2) is 8.97. The number of amides is 2. The molecule has 4 heterocycles. The molecule has 3 aromatic rings. The van der Waals surface area contributed by atoms with Crippen molar-refractivity contribution in [3.8, 4) is 0 Å². The molecule has 1 saturated heterocycles. The van der Waals surface area contributed by atoms with Crippen LogP contribution in [-0.4, -0.2) is 57.8 Å². The third-order valence-electron chi connectivity index (χ3n) is 6.52. The van der Waals surface area contributed by atoms with Gasteiger partial charge in [0.1, 0.15) is 11.4 Å². The van der Waals surface area contributed by atoms with Gasteiger partial charge in [-0.15, -0.1) is 10.2 Å². The van der Waals surface area contributed by atoms with Crippen LogP contribution >= 0.6 is 0 Å². The van der Waals surface area contributed by atoms with Crippen LogP contribution in [-0.2, 0) is 22.5 Å². The van der Waals surface area contributed by atoms with Crippen LogP contribution in [0.2, 0.25) is 0 Å². The number of carbonyl (C=O) groups excluding carboxylic acids is 2. The SMILES string of the molecule is CC(C)[C@H](NC(=O)[C@H]1CCOC1)c1nnc2n1CCN(C(=O)c1cc3ccccc3o1)CC2. The van der Waals surface area contributed by atoms with Crippen LogP contribution < -0.4 is 5.32 Å². The zero-order chi connectivity index (χ0) is 22.9. The number of ether oxygens (including phenoxy) is 1. The number of nitrogens with zero attached hydrogens (tertiary/aromatic N) is 4. The molecule has 2 atom stereocenters. The summed E-state index contributed by atoms with van der Waals surface area (Å²) in [6.07, 6.45) is 1.33. The van der Waals surface area contributed by atoms with Crippen LogP contribution in [0.5, 0.6) is 0 Å². The van der Waals surface area contributed by atoms with E-state index in [2.05, 4.69) is 33.9 Å². The molecule has 9 nitrogen and oxygen atoms in total. The summed E-state index contributed by atoms with van der Waals surface area (Å²) in [4.78, 5) is 27.7. The van der Waals surface area contributed by atoms with Gasteiger partial charge in [0.2, 0.25) is 5.91 Å². The number of para-hydroxylation sites is 1. The molecule has 2 aliphatic heterocycles. The summed E-state index contributed by atoms with van der Waals surface area (Å²) in [6, 6.07) is 9.16. The van der Waals surface area contributed by atoms with Crippen molar-refractivity contribution in [2.24, 2.45) is 11.8 Å². The first-order valence-electron chi connectivity index (χ1n) is 11.6. The summed E-state index contributed by atoms with van der Waals surface area (Å²) >= 11 is 0. The fourth-order valence-electron chi connectivity index (χ4n) is 4.56. The van der Waals surface area contributed by atoms with Gasteiger partial charge in [-0.05, 0) is 24.5 Å². The van der Waals surface area contributed by atoms with Crippen LogP contribution in [0.3, 0.4) is 0 Å². The topological polar surface area (TPSA) is 102 Å². The Morgan fingerprint density at radius 2 is 2.00 bits per heavy atom. The van der Waals surface area contributed by atoms with Crippen LogP contribution in [0.1, 0.15) is 48.5 Å². The summed E-state index contributed by atoms with van der Waals surface area (Å²) in [5.74, 6) is 1.82. The lowest BCUT2D eigenvalue weighted by Gasteiger charge is -2.24. The largest absolute Gasteiger partial charge is 0.451 e. The molecule has 33 heavy (non-hydrogen) atoms. The smallest absolute Gasteiger partial charge is 0.289 e. The third-order valence-corrected chi connectivity index (χ3v) is 6.52. The monoisotopic (exact) mass is 451 g/mol. The molecule has 0 radical (unpaired) electrons. The maximum atomic E-state index is 13.1. The minimum Gasteiger partial charge on any atom is -0.451 e. The third kappa shape index (κ3) is 4.25. The summed E-state index contributed by atoms with van der Waals surface area (Å²) in [7, 11) is 0. The van der Waals surface area contributed by atoms with E-state index in [1.807, 2.05) is 24.3 Å². The van der Waals surface area contributed by atoms with Gasteiger partial charge in [0.15, 0.2) is 11.6 Å². The van der Waals surface area contributed by atoms with Crippen molar-refractivity contribution in [2.75, 3.05) is 26.3 Å². The number of rotatable bonds is 5. The minimum atomic E-state index is -0.253. The number of nitrogens with one attached hydrogen (secondary N) is 1. The van der Waals surface area contributed by atoms with Crippen LogP contribution in [0, 0.1) is 11.8 Å². The highest BCUT2D eigenvalue weighted by Gasteiger charge is 2.32. The maximum absolute atomic E-state index is 13.1. The van der Waals surface area contributed by atoms with Crippen molar-refractivity contribution in [2.45, 2.75) is 39.3 Å². The van der Waals surface area contributed by atoms with Crippen LogP contribution in [0.25, 0.3) is 11.0 Å². The highest BCUT2D eigenvalue weighted by Crippen LogP contribution is 2.25. The maximum Gasteiger partial charge on any atom is 0.289 e. The van der Waals surface area contributed by atoms with E-state index in [0.717, 1.165) is 23.5 Å². The fourth-order valence-corrected chi connectivity index (χ4v) is 4.56. The Bertz CT molecular complexity index is 1130. The summed E-state index contributed by atoms with van der Waals surface area (Å²) in [5, 5.41) is 12.9. The number of fused-ring (bicyclic) bond motifs is 2. The van der Waals surface area contributed by atoms with Crippen molar-refractivity contribution in [3.63, 3.8) is 0 Å². The lowest BCUT2D eigenvalue weighted by Crippen LogP contribution is -2.38. The predicted octanol–water partition coefficient (Wildman–Crippen LogP) is 2.57. The summed E-state index contributed by atoms with van der Waals surface area (Å²) in [5.41, 5.74) is 0.707. The molecule has 2 aromatic heterocycles. The van der Waals surface area contributed by atoms with Gasteiger partial charge in [0.05, 0.1) is 18.6 Å². The van der Waals surface area contributed by atoms with E-state index in [1.54, 1.807) is 11.0 Å². The van der Waals surface area contributed by atoms with E-state index < -0.39 is 0 Å². The molecule has 0 saturated carbocycles. The van der Waals surface area contributed by atoms with Crippen LogP contribution in [0.15, 0.2) is 34.7 Å². The highest BCUT2D eigenvalue weighted by molar-refractivity contribution is 5.96. The van der Waals surface area contributed by atoms with Gasteiger partial charge in [-0.1, -0.05) is 32.0 Å². The zero-order valence-electron chi connectivity index (χ0n) is 19.0. The molecule has 0 spiro atoms. The standard InChI is InChI=1S/C24H29N5O4/c1-15(2)21(25-23(30)17-8-12-32-14-17)22-27-26-20-7-9-28(10-11-29(20)22)24(31)19-13-16-5-3-4-6-18(16)33-19/h3-6,13,15,17,21H,7-12,14H2,1-2H3,(H,25,30)/t17-,21-/m0/s1. The highest BCUT2D eigenvalue weighted by atomic mass is 16.5. The van der Waals surface area contributed by atoms with E-state index in [4.69, 9.17) is 9.15 Å². The van der Waals surface area contributed by atoms with Crippen LogP contribution in [0.4, 0.5) is 0 Å². The molecule has 0 aliphatic carbocycles. The Hall–Kier alpha value is -3.20. The Kier molecular flexibility index (Phi) is 5.88. The number of carbonyl (C=O) groups is 2. The first-order chi connectivity index (χ1) is 16.0. The average Bonchev–Trinajstić information content (AvgIpc) is 3.54. The molecule has 9 heteroatoms. The van der Waals surface area contributed by atoms with Crippen molar-refractivity contribution >= 4 is 22.8 Å². The Morgan fingerprint density at radius 3 is 2.76 bits per heavy atom. The molecule has 5 rings (SSSR count). The zero-order valence-corrected chi connectivity index (χ0v) is 19.0. The molecule has 1 fully saturated rings. The number of hydrogen-bond donors (Lipinski definition) is 1. The van der Waals surface area contributed by atoms with Gasteiger partial charge < -0.3 is 23.9 Å². The molecular weight excluding hydrogens is 422 g/mol. The van der Waals surface area contributed by atoms with Crippen molar-refractivity contribution in [3.05, 3.63) is 47.7 Å². The summed E-state index contributed by atoms with van der Waals surface area (Å²) in [6.45, 7) is 6.83. The Labute approximate surface area is 192 Å². The quantitative estimate of drug-likeness (QED) is 0.640. The molecule has 2 amide bonds. The van der Waals surface area contributed by atoms with E-state index in [0.29, 0.717) is 50.6 Å². The average molecular weight is 452 g/mol. The van der Waals surface area contributed by atoms with E-state index in [9.17, 15) is 9.59 Å². The molecule has 1 aromatic carbocycles. The van der Waals surface area contributed by atoms with Crippen molar-refractivity contribution in [1.82, 2.24) is 25.0 Å². The van der Waals surface area contributed by atoms with E-state index in [1.165, 1.54) is 0 Å². The second-order valence-electron chi connectivity index (χ2n) is 9.11. The number of benzene rings is 1. The van der Waals surface area contributed by atoms with E-state index >= 15 is 0 Å². The first kappa shape index (κ1) is 21.6. The molecule has 0 bridgehead atoms. The van der Waals surface area contributed by atoms with Gasteiger partial charge >= 0.3 is 0 Å². The van der Waals surface area contributed by atoms with Crippen molar-refractivity contribution in [1.29, 1.82) is 0 Å². The Balaban J connectivity index is 1.32. The van der Waals surface area contributed by atoms with Gasteiger partial charge in [-0.2, -0.15) is 0 Å². The lowest BCUT2D eigenvalue weighted by molar-refractivity contribution is -0.126. The molecule has 174 valence electrons. The summed E-state index contributed by atoms with van der Waals surface area (Å²) < 4.78 is 13.2. The second-order valence-corrected chi connectivity index (χ2v) is 9.11. The minimum absolute atomic E-state index is 0.00105. The van der Waals surface area contributed by atoms with Gasteiger partial charge in [-0.3, -0.25) is 9.59 Å². The number of hydrogen-bond acceptors (Lipinski definition) is 6. The van der Waals surface area contributed by atoms with Gasteiger partial charge in [-0.25, -0.2) is 0 Å². The number of aromatic nitrogens is 3. The van der Waals surface area contributed by atoms with Gasteiger partial charge in [0, 0.05) is 38.0 Å². The predicted molar refractivity (Wildman–Crippen MR) is 120 cm³/mol.